The fourth-order valence-electron chi connectivity index (χ4n) is 5.27. The van der Waals surface area contributed by atoms with E-state index in [9.17, 15) is 14.4 Å². The van der Waals surface area contributed by atoms with E-state index in [4.69, 9.17) is 4.74 Å². The minimum atomic E-state index is -0.912. The molecule has 2 aromatic rings. The van der Waals surface area contributed by atoms with Gasteiger partial charge in [-0.25, -0.2) is 4.79 Å². The number of hydrogen-bond acceptors (Lipinski definition) is 4. The van der Waals surface area contributed by atoms with Crippen molar-refractivity contribution >= 4 is 17.9 Å². The third-order valence-electron chi connectivity index (χ3n) is 7.34. The number of alkyl carbamates (subject to hydrolysis) is 1. The Morgan fingerprint density at radius 2 is 1.53 bits per heavy atom. The van der Waals surface area contributed by atoms with Crippen molar-refractivity contribution in [2.75, 3.05) is 6.54 Å². The second-order valence-electron chi connectivity index (χ2n) is 12.7. The molecule has 238 valence electrons. The maximum atomic E-state index is 14.6. The van der Waals surface area contributed by atoms with Gasteiger partial charge in [0.05, 0.1) is 0 Å². The third-order valence-corrected chi connectivity index (χ3v) is 7.34. The summed E-state index contributed by atoms with van der Waals surface area (Å²) in [6.07, 6.45) is 7.70. The van der Waals surface area contributed by atoms with Crippen molar-refractivity contribution in [1.82, 2.24) is 15.5 Å². The van der Waals surface area contributed by atoms with Crippen molar-refractivity contribution in [3.8, 4) is 0 Å². The predicted octanol–water partition coefficient (Wildman–Crippen LogP) is 7.67. The molecular weight excluding hydrogens is 538 g/mol. The van der Waals surface area contributed by atoms with Gasteiger partial charge in [0.25, 0.3) is 0 Å². The normalized spacial score (nSPS) is 13.5. The van der Waals surface area contributed by atoms with Gasteiger partial charge < -0.3 is 20.3 Å². The van der Waals surface area contributed by atoms with E-state index in [2.05, 4.69) is 24.5 Å². The van der Waals surface area contributed by atoms with Gasteiger partial charge >= 0.3 is 6.09 Å². The summed E-state index contributed by atoms with van der Waals surface area (Å²) in [6.45, 7) is 14.0. The van der Waals surface area contributed by atoms with Crippen LogP contribution in [-0.2, 0) is 20.7 Å². The Morgan fingerprint density at radius 3 is 2.16 bits per heavy atom. The van der Waals surface area contributed by atoms with Crippen molar-refractivity contribution in [1.29, 1.82) is 0 Å². The van der Waals surface area contributed by atoms with E-state index in [1.165, 1.54) is 6.42 Å². The molecule has 0 spiro atoms. The van der Waals surface area contributed by atoms with Crippen molar-refractivity contribution in [2.24, 2.45) is 0 Å². The summed E-state index contributed by atoms with van der Waals surface area (Å²) in [5.41, 5.74) is 1.96. The van der Waals surface area contributed by atoms with Crippen LogP contribution in [0.4, 0.5) is 4.79 Å². The first-order chi connectivity index (χ1) is 20.4. The fraction of sp³-hybridized carbons (Fsp3) is 0.583. The van der Waals surface area contributed by atoms with Crippen LogP contribution in [-0.4, -0.2) is 47.0 Å². The molecule has 0 heterocycles. The van der Waals surface area contributed by atoms with E-state index in [1.54, 1.807) is 25.7 Å². The van der Waals surface area contributed by atoms with Crippen LogP contribution in [0.1, 0.15) is 116 Å². The molecule has 0 bridgehead atoms. The zero-order valence-electron chi connectivity index (χ0n) is 27.6. The van der Waals surface area contributed by atoms with Gasteiger partial charge in [-0.05, 0) is 58.6 Å². The first-order valence-electron chi connectivity index (χ1n) is 16.2. The Morgan fingerprint density at radius 1 is 0.860 bits per heavy atom. The lowest BCUT2D eigenvalue weighted by Crippen LogP contribution is -2.54. The maximum Gasteiger partial charge on any atom is 0.408 e. The highest BCUT2D eigenvalue weighted by atomic mass is 16.6. The van der Waals surface area contributed by atoms with Crippen molar-refractivity contribution < 1.29 is 19.1 Å². The van der Waals surface area contributed by atoms with Gasteiger partial charge in [0.1, 0.15) is 17.7 Å². The number of benzene rings is 2. The smallest absolute Gasteiger partial charge is 0.408 e. The zero-order chi connectivity index (χ0) is 31.8. The topological polar surface area (TPSA) is 87.7 Å². The standard InChI is InChI=1S/C36H55N3O4/c1-8-10-11-12-13-17-24-39(32(30-23-18-20-27(3)25-30)33(40)37-28(4)19-9-2)34(41)31(26-29-21-15-14-16-22-29)38-35(42)43-36(5,6)7/h14-16,18,20-23,25,28,31-32H,8-13,17,19,24,26H2,1-7H3,(H,37,40)(H,38,42). The molecule has 0 aromatic heterocycles. The van der Waals surface area contributed by atoms with Crippen LogP contribution >= 0.6 is 0 Å². The molecule has 2 N–H and O–H groups in total. The van der Waals surface area contributed by atoms with Crippen LogP contribution in [0.2, 0.25) is 0 Å². The highest BCUT2D eigenvalue weighted by molar-refractivity contribution is 5.92. The molecular formula is C36H55N3O4. The number of unbranched alkanes of at least 4 members (excludes halogenated alkanes) is 5. The number of amides is 3. The molecule has 0 aliphatic carbocycles. The molecule has 0 aliphatic heterocycles. The Labute approximate surface area is 260 Å². The van der Waals surface area contributed by atoms with Gasteiger partial charge in [0, 0.05) is 19.0 Å². The molecule has 3 amide bonds. The van der Waals surface area contributed by atoms with Crippen LogP contribution < -0.4 is 10.6 Å². The average molecular weight is 594 g/mol. The second-order valence-corrected chi connectivity index (χ2v) is 12.7. The molecule has 0 saturated heterocycles. The predicted molar refractivity (Wildman–Crippen MR) is 175 cm³/mol. The number of ether oxygens (including phenoxy) is 1. The van der Waals surface area contributed by atoms with Gasteiger partial charge in [0.2, 0.25) is 11.8 Å². The van der Waals surface area contributed by atoms with Crippen LogP contribution in [0.3, 0.4) is 0 Å². The molecule has 43 heavy (non-hydrogen) atoms. The third kappa shape index (κ3) is 13.2. The molecule has 0 saturated carbocycles. The summed E-state index contributed by atoms with van der Waals surface area (Å²) >= 11 is 0. The molecule has 0 aliphatic rings. The van der Waals surface area contributed by atoms with Gasteiger partial charge in [-0.15, -0.1) is 0 Å². The van der Waals surface area contributed by atoms with Crippen LogP contribution in [0.5, 0.6) is 0 Å². The number of carbonyl (C=O) groups excluding carboxylic acids is 3. The number of rotatable bonds is 17. The van der Waals surface area contributed by atoms with Gasteiger partial charge in [0.15, 0.2) is 0 Å². The second kappa shape index (κ2) is 18.3. The lowest BCUT2D eigenvalue weighted by atomic mass is 9.98. The SMILES string of the molecule is CCCCCCCCN(C(=O)C(Cc1ccccc1)NC(=O)OC(C)(C)C)C(C(=O)NC(C)CCC)c1cccc(C)c1. The first-order valence-corrected chi connectivity index (χ1v) is 16.2. The summed E-state index contributed by atoms with van der Waals surface area (Å²) < 4.78 is 5.56. The Balaban J connectivity index is 2.52. The summed E-state index contributed by atoms with van der Waals surface area (Å²) in [4.78, 5) is 43.3. The Hall–Kier alpha value is -3.35. The van der Waals surface area contributed by atoms with Crippen LogP contribution in [0.15, 0.2) is 54.6 Å². The largest absolute Gasteiger partial charge is 0.444 e. The average Bonchev–Trinajstić information content (AvgIpc) is 2.93. The van der Waals surface area contributed by atoms with E-state index >= 15 is 0 Å². The van der Waals surface area contributed by atoms with Crippen molar-refractivity contribution in [2.45, 2.75) is 130 Å². The van der Waals surface area contributed by atoms with E-state index < -0.39 is 23.8 Å². The zero-order valence-corrected chi connectivity index (χ0v) is 27.6. The minimum Gasteiger partial charge on any atom is -0.444 e. The number of nitrogens with zero attached hydrogens (tertiary/aromatic N) is 1. The highest BCUT2D eigenvalue weighted by Gasteiger charge is 2.36. The van der Waals surface area contributed by atoms with Gasteiger partial charge in [-0.3, -0.25) is 9.59 Å². The molecule has 0 fully saturated rings. The molecule has 3 atom stereocenters. The first kappa shape index (κ1) is 35.8. The quantitative estimate of drug-likeness (QED) is 0.184. The number of carbonyl (C=O) groups is 3. The molecule has 3 unspecified atom stereocenters. The van der Waals surface area contributed by atoms with Gasteiger partial charge in [-0.2, -0.15) is 0 Å². The van der Waals surface area contributed by atoms with Crippen LogP contribution in [0.25, 0.3) is 0 Å². The van der Waals surface area contributed by atoms with E-state index in [1.807, 2.05) is 68.4 Å². The molecule has 2 rings (SSSR count). The molecule has 7 heteroatoms. The minimum absolute atomic E-state index is 0.0317. The van der Waals surface area contributed by atoms with E-state index in [0.717, 1.165) is 61.6 Å². The van der Waals surface area contributed by atoms with Crippen molar-refractivity contribution in [3.05, 3.63) is 71.3 Å². The number of hydrogen-bond donors (Lipinski definition) is 2. The Bertz CT molecular complexity index is 1130. The molecule has 2 aromatic carbocycles. The highest BCUT2D eigenvalue weighted by Crippen LogP contribution is 2.26. The fourth-order valence-corrected chi connectivity index (χ4v) is 5.27. The number of nitrogens with one attached hydrogen (secondary N) is 2. The number of aryl methyl sites for hydroxylation is 1. The molecule has 0 radical (unpaired) electrons. The monoisotopic (exact) mass is 593 g/mol. The van der Waals surface area contributed by atoms with Gasteiger partial charge in [-0.1, -0.05) is 113 Å². The van der Waals surface area contributed by atoms with E-state index in [-0.39, 0.29) is 24.3 Å². The van der Waals surface area contributed by atoms with E-state index in [0.29, 0.717) is 6.54 Å². The summed E-state index contributed by atoms with van der Waals surface area (Å²) in [5, 5.41) is 6.02. The summed E-state index contributed by atoms with van der Waals surface area (Å²) in [5.74, 6) is -0.505. The molecule has 7 nitrogen and oxygen atoms in total. The van der Waals surface area contributed by atoms with Crippen molar-refractivity contribution in [3.63, 3.8) is 0 Å². The Kier molecular flexibility index (Phi) is 15.3. The lowest BCUT2D eigenvalue weighted by molar-refractivity contribution is -0.142. The maximum absolute atomic E-state index is 14.6. The van der Waals surface area contributed by atoms with Crippen LogP contribution in [0, 0.1) is 6.92 Å². The lowest BCUT2D eigenvalue weighted by Gasteiger charge is -2.35. The summed E-state index contributed by atoms with van der Waals surface area (Å²) in [7, 11) is 0. The summed E-state index contributed by atoms with van der Waals surface area (Å²) in [6, 6.07) is 15.6.